The van der Waals surface area contributed by atoms with E-state index in [-0.39, 0.29) is 0 Å². The van der Waals surface area contributed by atoms with Crippen LogP contribution in [-0.4, -0.2) is 46.7 Å². The average molecular weight is 485 g/mol. The third kappa shape index (κ3) is 11.3. The molecule has 0 aliphatic carbocycles. The minimum absolute atomic E-state index is 0.360. The van der Waals surface area contributed by atoms with Crippen LogP contribution in [-0.2, 0) is 22.3 Å². The Labute approximate surface area is 209 Å². The minimum atomic E-state index is -1.10. The van der Waals surface area contributed by atoms with Crippen molar-refractivity contribution in [3.05, 3.63) is 71.8 Å². The number of alkyl carbamates (subject to hydrolysis) is 2. The fourth-order valence-corrected chi connectivity index (χ4v) is 3.62. The van der Waals surface area contributed by atoms with E-state index in [1.54, 1.807) is 41.5 Å². The summed E-state index contributed by atoms with van der Waals surface area (Å²) in [6, 6.07) is 18.0. The molecule has 7 nitrogen and oxygen atoms in total. The van der Waals surface area contributed by atoms with Gasteiger partial charge in [-0.2, -0.15) is 0 Å². The van der Waals surface area contributed by atoms with E-state index in [0.717, 1.165) is 11.1 Å². The molecule has 2 aromatic rings. The van der Waals surface area contributed by atoms with E-state index in [1.165, 1.54) is 0 Å². The summed E-state index contributed by atoms with van der Waals surface area (Å²) in [5.74, 6) is 0. The summed E-state index contributed by atoms with van der Waals surface area (Å²) >= 11 is 0. The highest BCUT2D eigenvalue weighted by molar-refractivity contribution is 5.69. The molecular weight excluding hydrogens is 444 g/mol. The topological polar surface area (TPSA) is 96.9 Å². The van der Waals surface area contributed by atoms with E-state index < -0.39 is 41.6 Å². The number of carbonyl (C=O) groups is 2. The minimum Gasteiger partial charge on any atom is -0.444 e. The number of amides is 2. The molecule has 3 N–H and O–H groups in total. The molecule has 35 heavy (non-hydrogen) atoms. The van der Waals surface area contributed by atoms with E-state index in [9.17, 15) is 14.7 Å². The van der Waals surface area contributed by atoms with E-state index in [2.05, 4.69) is 10.6 Å². The molecule has 3 atom stereocenters. The molecule has 0 spiro atoms. The number of hydrogen-bond donors (Lipinski definition) is 3. The zero-order valence-electron chi connectivity index (χ0n) is 21.7. The van der Waals surface area contributed by atoms with Crippen LogP contribution in [0.5, 0.6) is 0 Å². The fraction of sp³-hybridized carbons (Fsp3) is 0.500. The number of aryl methyl sites for hydroxylation is 1. The molecule has 0 heterocycles. The Kier molecular flexibility index (Phi) is 10.1. The summed E-state index contributed by atoms with van der Waals surface area (Å²) < 4.78 is 10.9. The zero-order chi connectivity index (χ0) is 26.1. The predicted molar refractivity (Wildman–Crippen MR) is 137 cm³/mol. The Morgan fingerprint density at radius 3 is 1.63 bits per heavy atom. The Bertz CT molecular complexity index is 920. The summed E-state index contributed by atoms with van der Waals surface area (Å²) in [5, 5.41) is 17.1. The van der Waals surface area contributed by atoms with Gasteiger partial charge in [-0.3, -0.25) is 0 Å². The first-order valence-electron chi connectivity index (χ1n) is 12.1. The number of hydrogen-bond acceptors (Lipinski definition) is 5. The number of ether oxygens (including phenoxy) is 2. The Hall–Kier alpha value is -3.06. The van der Waals surface area contributed by atoms with Crippen LogP contribution in [0.1, 0.15) is 59.1 Å². The molecule has 192 valence electrons. The molecule has 0 aliphatic heterocycles. The van der Waals surface area contributed by atoms with Gasteiger partial charge in [0.2, 0.25) is 0 Å². The van der Waals surface area contributed by atoms with Gasteiger partial charge in [-0.1, -0.05) is 60.7 Å². The van der Waals surface area contributed by atoms with E-state index in [4.69, 9.17) is 9.47 Å². The van der Waals surface area contributed by atoms with Crippen LogP contribution in [0.2, 0.25) is 0 Å². The predicted octanol–water partition coefficient (Wildman–Crippen LogP) is 5.01. The van der Waals surface area contributed by atoms with Gasteiger partial charge in [0.1, 0.15) is 11.2 Å². The molecule has 2 rings (SSSR count). The molecular formula is C28H40N2O5. The van der Waals surface area contributed by atoms with Crippen LogP contribution < -0.4 is 10.6 Å². The molecule has 7 heteroatoms. The summed E-state index contributed by atoms with van der Waals surface area (Å²) in [5.41, 5.74) is 0.646. The van der Waals surface area contributed by atoms with Gasteiger partial charge >= 0.3 is 12.2 Å². The summed E-state index contributed by atoms with van der Waals surface area (Å²) in [4.78, 5) is 25.2. The van der Waals surface area contributed by atoms with E-state index in [0.29, 0.717) is 19.3 Å². The lowest BCUT2D eigenvalue weighted by molar-refractivity contribution is 0.0279. The number of aliphatic hydroxyl groups is 1. The molecule has 0 fully saturated rings. The molecule has 2 aromatic carbocycles. The third-order valence-corrected chi connectivity index (χ3v) is 5.11. The highest BCUT2D eigenvalue weighted by Crippen LogP contribution is 2.16. The second-order valence-corrected chi connectivity index (χ2v) is 10.7. The first-order chi connectivity index (χ1) is 16.3. The summed E-state index contributed by atoms with van der Waals surface area (Å²) in [6.07, 6.45) is -0.908. The second-order valence-electron chi connectivity index (χ2n) is 10.7. The van der Waals surface area contributed by atoms with Crippen LogP contribution in [0.3, 0.4) is 0 Å². The maximum absolute atomic E-state index is 12.6. The number of nitrogens with one attached hydrogen (secondary N) is 2. The maximum atomic E-state index is 12.6. The van der Waals surface area contributed by atoms with Crippen molar-refractivity contribution in [2.24, 2.45) is 0 Å². The van der Waals surface area contributed by atoms with Crippen molar-refractivity contribution in [2.45, 2.75) is 90.2 Å². The van der Waals surface area contributed by atoms with Gasteiger partial charge in [-0.05, 0) is 71.9 Å². The largest absolute Gasteiger partial charge is 0.444 e. The van der Waals surface area contributed by atoms with Crippen molar-refractivity contribution in [1.29, 1.82) is 0 Å². The molecule has 0 bridgehead atoms. The first kappa shape index (κ1) is 28.2. The quantitative estimate of drug-likeness (QED) is 0.465. The SMILES string of the molecule is CC(C)(C)OC(=O)NC(CCc1ccccc1)C(O)C(Cc1ccccc1)NC(=O)OC(C)(C)C. The van der Waals surface area contributed by atoms with Crippen LogP contribution in [0.25, 0.3) is 0 Å². The summed E-state index contributed by atoms with van der Waals surface area (Å²) in [6.45, 7) is 10.7. The second kappa shape index (κ2) is 12.6. The van der Waals surface area contributed by atoms with Gasteiger partial charge in [-0.15, -0.1) is 0 Å². The number of rotatable bonds is 9. The van der Waals surface area contributed by atoms with Gasteiger partial charge in [0.25, 0.3) is 0 Å². The van der Waals surface area contributed by atoms with Crippen molar-refractivity contribution >= 4 is 12.2 Å². The molecule has 0 radical (unpaired) electrons. The highest BCUT2D eigenvalue weighted by Gasteiger charge is 2.32. The van der Waals surface area contributed by atoms with Crippen molar-refractivity contribution in [3.63, 3.8) is 0 Å². The van der Waals surface area contributed by atoms with Crippen LogP contribution >= 0.6 is 0 Å². The highest BCUT2D eigenvalue weighted by atomic mass is 16.6. The van der Waals surface area contributed by atoms with Crippen LogP contribution in [0, 0.1) is 0 Å². The zero-order valence-corrected chi connectivity index (χ0v) is 21.7. The third-order valence-electron chi connectivity index (χ3n) is 5.11. The molecule has 0 aliphatic rings. The lowest BCUT2D eigenvalue weighted by Gasteiger charge is -2.32. The standard InChI is InChI=1S/C28H40N2O5/c1-27(2,3)34-25(32)29-22(18-17-20-13-9-7-10-14-20)24(31)23(19-21-15-11-8-12-16-21)30-26(33)35-28(4,5)6/h7-16,22-24,31H,17-19H2,1-6H3,(H,29,32)(H,30,33). The number of carbonyl (C=O) groups excluding carboxylic acids is 2. The molecule has 0 saturated carbocycles. The van der Waals surface area contributed by atoms with Crippen molar-refractivity contribution in [1.82, 2.24) is 10.6 Å². The smallest absolute Gasteiger partial charge is 0.407 e. The lowest BCUT2D eigenvalue weighted by atomic mass is 9.92. The number of benzene rings is 2. The van der Waals surface area contributed by atoms with Crippen LogP contribution in [0.4, 0.5) is 9.59 Å². The van der Waals surface area contributed by atoms with Crippen molar-refractivity contribution in [3.8, 4) is 0 Å². The Morgan fingerprint density at radius 2 is 1.17 bits per heavy atom. The van der Waals surface area contributed by atoms with Gasteiger partial charge in [0.05, 0.1) is 18.2 Å². The molecule has 2 amide bonds. The van der Waals surface area contributed by atoms with Crippen molar-refractivity contribution < 1.29 is 24.2 Å². The van der Waals surface area contributed by atoms with Gasteiger partial charge in [0, 0.05) is 0 Å². The van der Waals surface area contributed by atoms with Crippen molar-refractivity contribution in [2.75, 3.05) is 0 Å². The van der Waals surface area contributed by atoms with E-state index >= 15 is 0 Å². The maximum Gasteiger partial charge on any atom is 0.407 e. The van der Waals surface area contributed by atoms with Crippen LogP contribution in [0.15, 0.2) is 60.7 Å². The van der Waals surface area contributed by atoms with Gasteiger partial charge in [0.15, 0.2) is 0 Å². The van der Waals surface area contributed by atoms with E-state index in [1.807, 2.05) is 60.7 Å². The Balaban J connectivity index is 2.26. The monoisotopic (exact) mass is 484 g/mol. The molecule has 0 aromatic heterocycles. The van der Waals surface area contributed by atoms with Gasteiger partial charge < -0.3 is 25.2 Å². The first-order valence-corrected chi connectivity index (χ1v) is 12.1. The molecule has 3 unspecified atom stereocenters. The normalized spacial score (nSPS) is 14.4. The lowest BCUT2D eigenvalue weighted by Crippen LogP contribution is -2.56. The summed E-state index contributed by atoms with van der Waals surface area (Å²) in [7, 11) is 0. The van der Waals surface area contributed by atoms with Gasteiger partial charge in [-0.25, -0.2) is 9.59 Å². The molecule has 0 saturated heterocycles. The fourth-order valence-electron chi connectivity index (χ4n) is 3.62. The number of aliphatic hydroxyl groups excluding tert-OH is 1. The Morgan fingerprint density at radius 1 is 0.743 bits per heavy atom. The average Bonchev–Trinajstić information content (AvgIpc) is 2.74.